The van der Waals surface area contributed by atoms with Gasteiger partial charge in [-0.2, -0.15) is 0 Å². The van der Waals surface area contributed by atoms with Crippen LogP contribution in [0.5, 0.6) is 69.0 Å². The number of phenols is 12. The molecule has 0 saturated heterocycles. The van der Waals surface area contributed by atoms with Crippen molar-refractivity contribution in [3.63, 3.8) is 0 Å². The molecule has 0 aromatic heterocycles. The molecule has 0 aliphatic rings. The van der Waals surface area contributed by atoms with Gasteiger partial charge in [-0.25, -0.2) is 0 Å². The fourth-order valence-corrected chi connectivity index (χ4v) is 15.8. The van der Waals surface area contributed by atoms with Gasteiger partial charge < -0.3 is 66.4 Å². The predicted molar refractivity (Wildman–Crippen MR) is 499 cm³/mol. The summed E-state index contributed by atoms with van der Waals surface area (Å²) in [6.45, 7) is 35.4. The minimum absolute atomic E-state index is 0.0854. The summed E-state index contributed by atoms with van der Waals surface area (Å²) in [4.78, 5) is 11.7. The first-order valence-electron chi connectivity index (χ1n) is 41.4. The highest BCUT2D eigenvalue weighted by atomic mass is 16.4. The molecule has 14 heteroatoms. The second kappa shape index (κ2) is 40.2. The average Bonchev–Trinajstić information content (AvgIpc) is 0.851. The first kappa shape index (κ1) is 94.0. The van der Waals surface area contributed by atoms with Crippen molar-refractivity contribution in [3.8, 4) is 69.0 Å². The van der Waals surface area contributed by atoms with Crippen molar-refractivity contribution in [2.45, 2.75) is 166 Å². The Morgan fingerprint density at radius 1 is 0.226 bits per heavy atom. The maximum Gasteiger partial charge on any atom is 0.318 e. The Labute approximate surface area is 730 Å². The average molecular weight is 1660 g/mol. The van der Waals surface area contributed by atoms with E-state index in [2.05, 4.69) is 83.1 Å². The number of aromatic hydroxyl groups is 12. The van der Waals surface area contributed by atoms with Crippen LogP contribution in [0, 0.1) is 90.0 Å². The molecule has 14 aromatic carbocycles. The van der Waals surface area contributed by atoms with E-state index >= 15 is 0 Å². The first-order valence-corrected chi connectivity index (χ1v) is 41.4. The predicted octanol–water partition coefficient (Wildman–Crippen LogP) is 24.4. The number of carboxylic acid groups (broad SMARTS) is 1. The summed E-state index contributed by atoms with van der Waals surface area (Å²) in [7, 11) is 0. The van der Waals surface area contributed by atoms with Gasteiger partial charge in [-0.1, -0.05) is 220 Å². The van der Waals surface area contributed by atoms with Gasteiger partial charge in [0.1, 0.15) is 74.4 Å². The highest BCUT2D eigenvalue weighted by Crippen LogP contribution is 2.44. The lowest BCUT2D eigenvalue weighted by molar-refractivity contribution is -0.141. The summed E-state index contributed by atoms with van der Waals surface area (Å²) < 4.78 is 0. The number of benzene rings is 14. The van der Waals surface area contributed by atoms with Crippen LogP contribution in [0.4, 0.5) is 0 Å². The van der Waals surface area contributed by atoms with E-state index < -0.39 is 16.8 Å². The molecule has 0 saturated carbocycles. The Morgan fingerprint density at radius 3 is 0.629 bits per heavy atom. The maximum absolute atomic E-state index is 11.7. The van der Waals surface area contributed by atoms with Crippen LogP contribution in [0.15, 0.2) is 273 Å². The lowest BCUT2D eigenvalue weighted by Crippen LogP contribution is -2.33. The third-order valence-corrected chi connectivity index (χ3v) is 23.8. The molecule has 0 bridgehead atoms. The van der Waals surface area contributed by atoms with Gasteiger partial charge in [0.25, 0.3) is 0 Å². The zero-order valence-electron chi connectivity index (χ0n) is 74.3. The molecule has 14 nitrogen and oxygen atoms in total. The summed E-state index contributed by atoms with van der Waals surface area (Å²) >= 11 is 0. The van der Waals surface area contributed by atoms with Gasteiger partial charge in [0.15, 0.2) is 0 Å². The summed E-state index contributed by atoms with van der Waals surface area (Å²) in [6.07, 6.45) is 2.68. The number of aryl methyl sites for hydroxylation is 15. The van der Waals surface area contributed by atoms with Crippen molar-refractivity contribution < 1.29 is 71.2 Å². The van der Waals surface area contributed by atoms with Gasteiger partial charge in [0, 0.05) is 16.2 Å². The second-order valence-electron chi connectivity index (χ2n) is 33.7. The van der Waals surface area contributed by atoms with Crippen LogP contribution in [0.25, 0.3) is 0 Å². The zero-order chi connectivity index (χ0) is 91.0. The van der Waals surface area contributed by atoms with E-state index in [1.54, 1.807) is 79.7 Å². The molecular formula is C110H118O14. The van der Waals surface area contributed by atoms with Crippen LogP contribution in [-0.2, 0) is 45.7 Å². The summed E-state index contributed by atoms with van der Waals surface area (Å²) in [6, 6.07) is 84.5. The molecular weight excluding hydrogens is 1550 g/mol. The Balaban J connectivity index is 0.000000169. The van der Waals surface area contributed by atoms with E-state index in [0.29, 0.717) is 51.4 Å². The van der Waals surface area contributed by atoms with Gasteiger partial charge in [-0.3, -0.25) is 4.79 Å². The highest BCUT2D eigenvalue weighted by molar-refractivity contribution is 5.85. The van der Waals surface area contributed by atoms with Crippen molar-refractivity contribution in [1.29, 1.82) is 0 Å². The highest BCUT2D eigenvalue weighted by Gasteiger charge is 2.38. The quantitative estimate of drug-likeness (QED) is 0.0401. The van der Waals surface area contributed by atoms with E-state index in [-0.39, 0.29) is 39.6 Å². The van der Waals surface area contributed by atoms with E-state index in [0.717, 1.165) is 103 Å². The van der Waals surface area contributed by atoms with Crippen molar-refractivity contribution in [1.82, 2.24) is 0 Å². The summed E-state index contributed by atoms with van der Waals surface area (Å²) in [5.74, 6) is 2.39. The number of rotatable bonds is 16. The molecule has 0 aliphatic carbocycles. The maximum atomic E-state index is 11.7. The Hall–Kier alpha value is -13.9. The lowest BCUT2D eigenvalue weighted by atomic mass is 9.71. The van der Waals surface area contributed by atoms with E-state index in [9.17, 15) is 71.2 Å². The third-order valence-electron chi connectivity index (χ3n) is 23.8. The SMILES string of the molecule is CC(C(=O)O)(c1ccc(O)cc1)c1ccc(O)cc1.CC(c1ccc(O)cc1)(c1ccc(O)cc1)c1ccc(O)cc1.Cc1cc(C(C)(C)c2cc(C)c(O)c(C)c2)cc(C)c1O.Cc1cc(CCc2cc(C)c(O)c(C)c2)cc(C)c1O.Cc1cc(Cc2cc(C)c(O)c(C)c2)cc(C)c1O.Cc1ccc(C(C)(c2ccccc2)c2ccc(O)cc2)cc1. The molecule has 0 amide bonds. The molecule has 14 rings (SSSR count). The number of hydrogen-bond acceptors (Lipinski definition) is 13. The van der Waals surface area contributed by atoms with E-state index in [4.69, 9.17) is 0 Å². The summed E-state index contributed by atoms with van der Waals surface area (Å²) in [5, 5.41) is 126. The molecule has 13 N–H and O–H groups in total. The molecule has 0 spiro atoms. The number of hydrogen-bond donors (Lipinski definition) is 13. The van der Waals surface area contributed by atoms with Gasteiger partial charge in [0.05, 0.1) is 0 Å². The number of carbonyl (C=O) groups is 1. The normalized spacial score (nSPS) is 11.6. The number of aliphatic carboxylic acids is 1. The Kier molecular flexibility index (Phi) is 30.5. The lowest BCUT2D eigenvalue weighted by Gasteiger charge is -2.32. The molecule has 0 radical (unpaired) electrons. The van der Waals surface area contributed by atoms with Crippen LogP contribution in [0.3, 0.4) is 0 Å². The fourth-order valence-electron chi connectivity index (χ4n) is 15.8. The Morgan fingerprint density at radius 2 is 0.411 bits per heavy atom. The van der Waals surface area contributed by atoms with Crippen molar-refractivity contribution >= 4 is 5.97 Å². The van der Waals surface area contributed by atoms with Crippen LogP contribution < -0.4 is 0 Å². The van der Waals surface area contributed by atoms with Crippen LogP contribution >= 0.6 is 0 Å². The van der Waals surface area contributed by atoms with Gasteiger partial charge >= 0.3 is 5.97 Å². The van der Waals surface area contributed by atoms with Crippen LogP contribution in [-0.4, -0.2) is 72.4 Å². The van der Waals surface area contributed by atoms with Crippen molar-refractivity contribution in [3.05, 3.63) is 423 Å². The minimum Gasteiger partial charge on any atom is -0.508 e. The number of carboxylic acids is 1. The largest absolute Gasteiger partial charge is 0.508 e. The molecule has 1 atom stereocenters. The Bertz CT molecular complexity index is 5480. The summed E-state index contributed by atoms with van der Waals surface area (Å²) in [5.41, 5.74) is 25.0. The molecule has 0 fully saturated rings. The number of phenolic OH excluding ortho intramolecular Hbond substituents is 12. The first-order chi connectivity index (χ1) is 58.4. The smallest absolute Gasteiger partial charge is 0.318 e. The molecule has 124 heavy (non-hydrogen) atoms. The van der Waals surface area contributed by atoms with E-state index in [1.807, 2.05) is 210 Å². The van der Waals surface area contributed by atoms with Crippen molar-refractivity contribution in [2.75, 3.05) is 0 Å². The molecule has 642 valence electrons. The zero-order valence-corrected chi connectivity index (χ0v) is 74.3. The molecule has 0 heterocycles. The fraction of sp³-hybridized carbons (Fsp3) is 0.227. The molecule has 14 aromatic rings. The molecule has 1 unspecified atom stereocenters. The van der Waals surface area contributed by atoms with Gasteiger partial charge in [-0.05, 0) is 347 Å². The van der Waals surface area contributed by atoms with Gasteiger partial charge in [0.2, 0.25) is 0 Å². The van der Waals surface area contributed by atoms with E-state index in [1.165, 1.54) is 79.9 Å². The topological polar surface area (TPSA) is 280 Å². The molecule has 0 aliphatic heterocycles. The van der Waals surface area contributed by atoms with Crippen LogP contribution in [0.1, 0.15) is 185 Å². The van der Waals surface area contributed by atoms with Gasteiger partial charge in [-0.15, -0.1) is 0 Å². The minimum atomic E-state index is -1.23. The third kappa shape index (κ3) is 22.5. The monoisotopic (exact) mass is 1660 g/mol. The second-order valence-corrected chi connectivity index (χ2v) is 33.7. The van der Waals surface area contributed by atoms with Crippen LogP contribution in [0.2, 0.25) is 0 Å². The van der Waals surface area contributed by atoms with Crippen molar-refractivity contribution in [2.24, 2.45) is 0 Å². The standard InChI is InChI=1S/C21H20O.C20H18O3.C19H24O2.C18H22O2.C17H20O2.C15H14O4/c1-16-8-10-18(11-9-16)21(2,17-6-4-3-5-7-17)19-12-14-20(22)15-13-19;1-20(14-2-8-17(21)9-3-14,15-4-10-18(22)11-5-15)16-6-12-19(23)13-7-16;1-11-7-15(8-12(2)17(11)20)19(5,6)16-9-13(3)18(21)14(4)10-16;1-11-7-15(8-12(2)17(11)19)5-6-16-9-13(3)18(20)14(4)10-16;1-10-5-14(6-11(2)16(10)18)9-15-7-12(3)17(19)13(4)8-15;1-15(14(18)19,10-2-6-12(16)7-3-10)11-4-8-13(17)9-5-11/h3-15,22H,1-2H3;2-13,21-23H,1H3;7-10,20-21H,1-6H3;7-10,19-20H,5-6H2,1-4H3;5-8,18-19H,9H2,1-4H3;2-9,16-17H,1H3,(H,18,19).